The first-order chi connectivity index (χ1) is 8.84. The molecule has 0 radical (unpaired) electrons. The molecule has 18 heavy (non-hydrogen) atoms. The summed E-state index contributed by atoms with van der Waals surface area (Å²) in [6.07, 6.45) is 5.19. The number of aryl methyl sites for hydroxylation is 1. The molecule has 2 heterocycles. The Bertz CT molecular complexity index is 410. The van der Waals surface area contributed by atoms with E-state index in [0.29, 0.717) is 0 Å². The number of rotatable bonds is 3. The number of nitrogen functional groups attached to an aromatic ring is 1. The Morgan fingerprint density at radius 1 is 1.00 bits per heavy atom. The molecule has 0 amide bonds. The molecule has 98 valence electrons. The van der Waals surface area contributed by atoms with Gasteiger partial charge in [0, 0.05) is 19.6 Å². The molecule has 3 rings (SSSR count). The van der Waals surface area contributed by atoms with Crippen LogP contribution in [0.1, 0.15) is 24.8 Å². The molecule has 0 bridgehead atoms. The molecular weight excluding hydrogens is 222 g/mol. The largest absolute Gasteiger partial charge is 0.397 e. The lowest BCUT2D eigenvalue weighted by Crippen LogP contribution is -2.37. The highest BCUT2D eigenvalue weighted by Crippen LogP contribution is 2.32. The Kier molecular flexibility index (Phi) is 3.41. The minimum absolute atomic E-state index is 0.952. The number of benzene rings is 1. The smallest absolute Gasteiger partial charge is 0.0632 e. The van der Waals surface area contributed by atoms with Gasteiger partial charge in [-0.3, -0.25) is 0 Å². The molecule has 1 saturated heterocycles. The van der Waals surface area contributed by atoms with Crippen molar-refractivity contribution in [1.29, 1.82) is 0 Å². The van der Waals surface area contributed by atoms with Crippen molar-refractivity contribution in [3.8, 4) is 0 Å². The Hall–Kier alpha value is -1.22. The number of anilines is 2. The molecule has 0 aromatic heterocycles. The van der Waals surface area contributed by atoms with Crippen LogP contribution in [0.4, 0.5) is 11.4 Å². The first-order valence-electron chi connectivity index (χ1n) is 7.19. The summed E-state index contributed by atoms with van der Waals surface area (Å²) in [5.74, 6) is 0. The molecule has 0 atom stereocenters. The van der Waals surface area contributed by atoms with E-state index >= 15 is 0 Å². The Morgan fingerprint density at radius 2 is 1.83 bits per heavy atom. The topological polar surface area (TPSA) is 32.5 Å². The second kappa shape index (κ2) is 5.19. The molecule has 2 aliphatic rings. The van der Waals surface area contributed by atoms with Crippen molar-refractivity contribution in [3.05, 3.63) is 23.8 Å². The average molecular weight is 245 g/mol. The Labute approximate surface area is 110 Å². The van der Waals surface area contributed by atoms with E-state index in [-0.39, 0.29) is 0 Å². The second-order valence-corrected chi connectivity index (χ2v) is 5.49. The van der Waals surface area contributed by atoms with Crippen molar-refractivity contribution < 1.29 is 0 Å². The molecule has 0 aliphatic carbocycles. The molecule has 0 unspecified atom stereocenters. The van der Waals surface area contributed by atoms with Crippen molar-refractivity contribution in [2.75, 3.05) is 43.4 Å². The monoisotopic (exact) mass is 245 g/mol. The third-order valence-corrected chi connectivity index (χ3v) is 4.23. The number of nitrogens with zero attached hydrogens (tertiary/aromatic N) is 2. The summed E-state index contributed by atoms with van der Waals surface area (Å²) >= 11 is 0. The lowest BCUT2D eigenvalue weighted by atomic mass is 10.0. The van der Waals surface area contributed by atoms with Crippen molar-refractivity contribution in [2.24, 2.45) is 0 Å². The van der Waals surface area contributed by atoms with Crippen LogP contribution in [-0.4, -0.2) is 37.6 Å². The van der Waals surface area contributed by atoms with Crippen LogP contribution in [0.15, 0.2) is 18.2 Å². The Morgan fingerprint density at radius 3 is 2.67 bits per heavy atom. The summed E-state index contributed by atoms with van der Waals surface area (Å²) in [7, 11) is 0. The number of nitrogens with two attached hydrogens (primary N) is 1. The highest BCUT2D eigenvalue weighted by Gasteiger charge is 2.20. The van der Waals surface area contributed by atoms with E-state index in [0.717, 1.165) is 18.8 Å². The highest BCUT2D eigenvalue weighted by molar-refractivity contribution is 5.72. The normalized spacial score (nSPS) is 20.1. The van der Waals surface area contributed by atoms with Crippen LogP contribution in [0.5, 0.6) is 0 Å². The zero-order valence-electron chi connectivity index (χ0n) is 11.1. The van der Waals surface area contributed by atoms with Gasteiger partial charge in [0.2, 0.25) is 0 Å². The molecule has 2 aliphatic heterocycles. The van der Waals surface area contributed by atoms with Gasteiger partial charge in [-0.1, -0.05) is 12.1 Å². The number of hydrogen-bond acceptors (Lipinski definition) is 3. The zero-order chi connectivity index (χ0) is 12.4. The molecule has 3 heteroatoms. The van der Waals surface area contributed by atoms with Gasteiger partial charge in [-0.25, -0.2) is 0 Å². The van der Waals surface area contributed by atoms with E-state index in [4.69, 9.17) is 5.73 Å². The molecule has 1 aromatic carbocycles. The molecule has 2 N–H and O–H groups in total. The van der Waals surface area contributed by atoms with Crippen molar-refractivity contribution >= 4 is 11.4 Å². The number of para-hydroxylation sites is 1. The van der Waals surface area contributed by atoms with Gasteiger partial charge in [0.15, 0.2) is 0 Å². The molecular formula is C15H23N3. The summed E-state index contributed by atoms with van der Waals surface area (Å²) in [5.41, 5.74) is 9.85. The predicted octanol–water partition coefficient (Wildman–Crippen LogP) is 2.12. The van der Waals surface area contributed by atoms with Crippen LogP contribution in [0, 0.1) is 0 Å². The maximum atomic E-state index is 6.16. The summed E-state index contributed by atoms with van der Waals surface area (Å²) in [6, 6.07) is 6.35. The summed E-state index contributed by atoms with van der Waals surface area (Å²) in [6.45, 7) is 6.04. The van der Waals surface area contributed by atoms with E-state index in [1.165, 1.54) is 56.6 Å². The second-order valence-electron chi connectivity index (χ2n) is 5.49. The molecule has 1 fully saturated rings. The van der Waals surface area contributed by atoms with Crippen LogP contribution >= 0.6 is 0 Å². The fourth-order valence-corrected chi connectivity index (χ4v) is 3.26. The number of hydrogen-bond donors (Lipinski definition) is 1. The molecule has 0 spiro atoms. The Balaban J connectivity index is 1.70. The highest BCUT2D eigenvalue weighted by atomic mass is 15.2. The molecule has 3 nitrogen and oxygen atoms in total. The lowest BCUT2D eigenvalue weighted by molar-refractivity contribution is 0.343. The summed E-state index contributed by atoms with van der Waals surface area (Å²) < 4.78 is 0. The molecule has 0 saturated carbocycles. The van der Waals surface area contributed by atoms with E-state index < -0.39 is 0 Å². The van der Waals surface area contributed by atoms with E-state index in [2.05, 4.69) is 21.9 Å². The lowest BCUT2D eigenvalue weighted by Gasteiger charge is -2.33. The van der Waals surface area contributed by atoms with Crippen LogP contribution in [0.2, 0.25) is 0 Å². The maximum absolute atomic E-state index is 6.16. The first kappa shape index (κ1) is 11.8. The third-order valence-electron chi connectivity index (χ3n) is 4.23. The molecule has 1 aromatic rings. The van der Waals surface area contributed by atoms with Gasteiger partial charge < -0.3 is 15.5 Å². The minimum Gasteiger partial charge on any atom is -0.397 e. The first-order valence-corrected chi connectivity index (χ1v) is 7.19. The standard InChI is InChI=1S/C15H23N3/c16-14-7-3-5-13-6-4-10-18(15(13)14)12-11-17-8-1-2-9-17/h3,5,7H,1-2,4,6,8-12,16H2. The van der Waals surface area contributed by atoms with E-state index in [9.17, 15) is 0 Å². The average Bonchev–Trinajstić information content (AvgIpc) is 2.89. The number of likely N-dealkylation sites (tertiary alicyclic amines) is 1. The summed E-state index contributed by atoms with van der Waals surface area (Å²) in [4.78, 5) is 5.07. The van der Waals surface area contributed by atoms with Gasteiger partial charge in [0.1, 0.15) is 0 Å². The van der Waals surface area contributed by atoms with Crippen molar-refractivity contribution in [1.82, 2.24) is 4.90 Å². The van der Waals surface area contributed by atoms with Crippen molar-refractivity contribution in [2.45, 2.75) is 25.7 Å². The van der Waals surface area contributed by atoms with Gasteiger partial charge in [0.05, 0.1) is 11.4 Å². The minimum atomic E-state index is 0.952. The van der Waals surface area contributed by atoms with E-state index in [1.54, 1.807) is 0 Å². The zero-order valence-corrected chi connectivity index (χ0v) is 11.1. The third kappa shape index (κ3) is 2.32. The van der Waals surface area contributed by atoms with Gasteiger partial charge in [-0.05, 0) is 50.4 Å². The predicted molar refractivity (Wildman–Crippen MR) is 77.1 cm³/mol. The number of fused-ring (bicyclic) bond motifs is 1. The fourth-order valence-electron chi connectivity index (χ4n) is 3.26. The van der Waals surface area contributed by atoms with Gasteiger partial charge in [0.25, 0.3) is 0 Å². The van der Waals surface area contributed by atoms with Gasteiger partial charge in [-0.15, -0.1) is 0 Å². The van der Waals surface area contributed by atoms with E-state index in [1.807, 2.05) is 6.07 Å². The fraction of sp³-hybridized carbons (Fsp3) is 0.600. The quantitative estimate of drug-likeness (QED) is 0.828. The SMILES string of the molecule is Nc1cccc2c1N(CCN1CCCC1)CCC2. The van der Waals surface area contributed by atoms with Crippen molar-refractivity contribution in [3.63, 3.8) is 0 Å². The van der Waals surface area contributed by atoms with Crippen LogP contribution in [-0.2, 0) is 6.42 Å². The van der Waals surface area contributed by atoms with Gasteiger partial charge >= 0.3 is 0 Å². The van der Waals surface area contributed by atoms with Gasteiger partial charge in [-0.2, -0.15) is 0 Å². The summed E-state index contributed by atoms with van der Waals surface area (Å²) in [5, 5.41) is 0. The van der Waals surface area contributed by atoms with Crippen LogP contribution in [0.25, 0.3) is 0 Å². The van der Waals surface area contributed by atoms with Crippen LogP contribution < -0.4 is 10.6 Å². The maximum Gasteiger partial charge on any atom is 0.0632 e. The van der Waals surface area contributed by atoms with Crippen LogP contribution in [0.3, 0.4) is 0 Å².